The SMILES string of the molecule is CC(=O)[C@H]1CC[C@H]2[C@@H]3CCC4=CC(=O)[C@H](OC(=O)CBr)C[C@]4(C)[C@H]3CC[C@]12C. The zero-order chi connectivity index (χ0) is 20.3. The lowest BCUT2D eigenvalue weighted by Crippen LogP contribution is -2.53. The first-order valence-electron chi connectivity index (χ1n) is 10.7. The molecule has 0 saturated heterocycles. The number of fused-ring (bicyclic) bond motifs is 5. The molecule has 0 amide bonds. The molecule has 3 fully saturated rings. The number of alkyl halides is 1. The number of allylic oxidation sites excluding steroid dienone is 1. The van der Waals surface area contributed by atoms with E-state index in [1.165, 1.54) is 5.57 Å². The van der Waals surface area contributed by atoms with E-state index < -0.39 is 6.10 Å². The Labute approximate surface area is 176 Å². The number of carbonyl (C=O) groups is 3. The first-order valence-corrected chi connectivity index (χ1v) is 11.8. The zero-order valence-electron chi connectivity index (χ0n) is 17.1. The molecule has 4 aliphatic carbocycles. The molecule has 154 valence electrons. The van der Waals surface area contributed by atoms with Gasteiger partial charge in [0, 0.05) is 12.3 Å². The lowest BCUT2D eigenvalue weighted by atomic mass is 9.46. The largest absolute Gasteiger partial charge is 0.453 e. The predicted molar refractivity (Wildman–Crippen MR) is 110 cm³/mol. The summed E-state index contributed by atoms with van der Waals surface area (Å²) in [6, 6.07) is 0. The van der Waals surface area contributed by atoms with Crippen molar-refractivity contribution in [3.05, 3.63) is 11.6 Å². The fourth-order valence-electron chi connectivity index (χ4n) is 7.55. The van der Waals surface area contributed by atoms with Crippen LogP contribution in [0.5, 0.6) is 0 Å². The van der Waals surface area contributed by atoms with Crippen molar-refractivity contribution in [2.45, 2.75) is 71.8 Å². The highest BCUT2D eigenvalue weighted by Gasteiger charge is 2.60. The third-order valence-corrected chi connectivity index (χ3v) is 9.31. The van der Waals surface area contributed by atoms with Crippen LogP contribution in [0.4, 0.5) is 0 Å². The highest BCUT2D eigenvalue weighted by molar-refractivity contribution is 9.09. The van der Waals surface area contributed by atoms with Crippen molar-refractivity contribution in [3.63, 3.8) is 0 Å². The van der Waals surface area contributed by atoms with Crippen LogP contribution in [-0.2, 0) is 19.1 Å². The third kappa shape index (κ3) is 2.95. The van der Waals surface area contributed by atoms with E-state index in [1.54, 1.807) is 13.0 Å². The van der Waals surface area contributed by atoms with Crippen LogP contribution >= 0.6 is 15.9 Å². The van der Waals surface area contributed by atoms with Crippen LogP contribution in [0.25, 0.3) is 0 Å². The third-order valence-electron chi connectivity index (χ3n) is 8.85. The van der Waals surface area contributed by atoms with Gasteiger partial charge in [-0.1, -0.05) is 35.4 Å². The van der Waals surface area contributed by atoms with Gasteiger partial charge in [0.05, 0.1) is 0 Å². The summed E-state index contributed by atoms with van der Waals surface area (Å²) in [6.45, 7) is 6.41. The van der Waals surface area contributed by atoms with Gasteiger partial charge >= 0.3 is 5.97 Å². The maximum atomic E-state index is 12.5. The molecule has 0 aliphatic heterocycles. The smallest absolute Gasteiger partial charge is 0.317 e. The summed E-state index contributed by atoms with van der Waals surface area (Å²) in [5.74, 6) is 1.85. The van der Waals surface area contributed by atoms with Gasteiger partial charge in [-0.05, 0) is 80.1 Å². The summed E-state index contributed by atoms with van der Waals surface area (Å²) < 4.78 is 5.48. The van der Waals surface area contributed by atoms with Crippen molar-refractivity contribution >= 4 is 33.5 Å². The van der Waals surface area contributed by atoms with Crippen LogP contribution in [-0.4, -0.2) is 29.0 Å². The molecular formula is C23H31BrO4. The van der Waals surface area contributed by atoms with Crippen LogP contribution in [0, 0.1) is 34.5 Å². The predicted octanol–water partition coefficient (Wildman–Crippen LogP) is 4.64. The highest BCUT2D eigenvalue weighted by Crippen LogP contribution is 2.66. The molecule has 0 heterocycles. The van der Waals surface area contributed by atoms with Crippen LogP contribution in [0.2, 0.25) is 0 Å². The van der Waals surface area contributed by atoms with Crippen molar-refractivity contribution < 1.29 is 19.1 Å². The van der Waals surface area contributed by atoms with Crippen LogP contribution in [0.3, 0.4) is 0 Å². The summed E-state index contributed by atoms with van der Waals surface area (Å²) in [5.41, 5.74) is 1.32. The summed E-state index contributed by atoms with van der Waals surface area (Å²) in [4.78, 5) is 36.6. The summed E-state index contributed by atoms with van der Waals surface area (Å²) in [7, 11) is 0. The van der Waals surface area contributed by atoms with Gasteiger partial charge in [-0.3, -0.25) is 14.4 Å². The minimum absolute atomic E-state index is 0.0571. The Hall–Kier alpha value is -0.970. The van der Waals surface area contributed by atoms with Crippen LogP contribution in [0.15, 0.2) is 11.6 Å². The Bertz CT molecular complexity index is 743. The number of hydrogen-bond acceptors (Lipinski definition) is 4. The maximum Gasteiger partial charge on any atom is 0.317 e. The Balaban J connectivity index is 1.62. The quantitative estimate of drug-likeness (QED) is 0.463. The second kappa shape index (κ2) is 7.07. The number of ketones is 2. The molecule has 4 rings (SSSR count). The topological polar surface area (TPSA) is 60.4 Å². The van der Waals surface area contributed by atoms with E-state index >= 15 is 0 Å². The van der Waals surface area contributed by atoms with Gasteiger partial charge in [-0.15, -0.1) is 0 Å². The Morgan fingerprint density at radius 2 is 1.93 bits per heavy atom. The van der Waals surface area contributed by atoms with Crippen molar-refractivity contribution in [2.75, 3.05) is 5.33 Å². The van der Waals surface area contributed by atoms with Crippen molar-refractivity contribution in [1.29, 1.82) is 0 Å². The number of hydrogen-bond donors (Lipinski definition) is 0. The standard InChI is InChI=1S/C23H31BrO4/c1-13(25)16-6-7-17-15-5-4-14-10-19(26)20(28-21(27)12-24)11-23(14,3)18(15)8-9-22(16,17)2/h10,15-18,20H,4-9,11-12H2,1-3H3/t15-,16+,17-,18-,20+,22+,23-/m0/s1. The molecule has 0 aromatic rings. The number of ether oxygens (including phenoxy) is 1. The van der Waals surface area contributed by atoms with Gasteiger partial charge < -0.3 is 4.74 Å². The Morgan fingerprint density at radius 3 is 2.61 bits per heavy atom. The normalized spacial score (nSPS) is 44.8. The molecule has 0 unspecified atom stereocenters. The summed E-state index contributed by atoms with van der Waals surface area (Å²) in [6.07, 6.45) is 8.19. The van der Waals surface area contributed by atoms with E-state index in [0.717, 1.165) is 38.5 Å². The number of rotatable bonds is 3. The molecule has 4 nitrogen and oxygen atoms in total. The molecule has 0 aromatic heterocycles. The summed E-state index contributed by atoms with van der Waals surface area (Å²) in [5, 5.41) is 0.114. The molecule has 7 atom stereocenters. The average Bonchev–Trinajstić information content (AvgIpc) is 3.00. The highest BCUT2D eigenvalue weighted by atomic mass is 79.9. The van der Waals surface area contributed by atoms with Gasteiger partial charge in [-0.25, -0.2) is 0 Å². The van der Waals surface area contributed by atoms with E-state index in [9.17, 15) is 14.4 Å². The van der Waals surface area contributed by atoms with Gasteiger partial charge in [0.25, 0.3) is 0 Å². The Kier molecular flexibility index (Phi) is 5.13. The fourth-order valence-corrected chi connectivity index (χ4v) is 7.69. The minimum atomic E-state index is -0.653. The van der Waals surface area contributed by atoms with Crippen molar-refractivity contribution in [1.82, 2.24) is 0 Å². The van der Waals surface area contributed by atoms with Crippen LogP contribution < -0.4 is 0 Å². The second-order valence-corrected chi connectivity index (χ2v) is 10.6. The second-order valence-electron chi connectivity index (χ2n) is 10.0. The lowest BCUT2D eigenvalue weighted by Gasteiger charge is -2.58. The Morgan fingerprint density at radius 1 is 1.18 bits per heavy atom. The molecule has 4 aliphatic rings. The molecule has 5 heteroatoms. The maximum absolute atomic E-state index is 12.5. The van der Waals surface area contributed by atoms with Gasteiger partial charge in [-0.2, -0.15) is 0 Å². The van der Waals surface area contributed by atoms with Crippen molar-refractivity contribution in [3.8, 4) is 0 Å². The molecule has 28 heavy (non-hydrogen) atoms. The molecule has 0 radical (unpaired) electrons. The minimum Gasteiger partial charge on any atom is -0.453 e. The number of esters is 1. The molecule has 0 bridgehead atoms. The number of carbonyl (C=O) groups excluding carboxylic acids is 3. The van der Waals surface area contributed by atoms with E-state index in [2.05, 4.69) is 29.8 Å². The molecular weight excluding hydrogens is 420 g/mol. The van der Waals surface area contributed by atoms with E-state index in [4.69, 9.17) is 4.74 Å². The number of halogens is 1. The molecule has 0 aromatic carbocycles. The molecule has 3 saturated carbocycles. The van der Waals surface area contributed by atoms with Gasteiger partial charge in [0.2, 0.25) is 0 Å². The first kappa shape index (κ1) is 20.3. The van der Waals surface area contributed by atoms with Crippen LogP contribution in [0.1, 0.15) is 65.7 Å². The zero-order valence-corrected chi connectivity index (χ0v) is 18.7. The van der Waals surface area contributed by atoms with Gasteiger partial charge in [0.1, 0.15) is 11.1 Å². The van der Waals surface area contributed by atoms with Crippen molar-refractivity contribution in [2.24, 2.45) is 34.5 Å². The monoisotopic (exact) mass is 450 g/mol. The van der Waals surface area contributed by atoms with E-state index in [0.29, 0.717) is 30.0 Å². The van der Waals surface area contributed by atoms with E-state index in [-0.39, 0.29) is 33.8 Å². The first-order chi connectivity index (χ1) is 13.2. The average molecular weight is 451 g/mol. The fraction of sp³-hybridized carbons (Fsp3) is 0.783. The summed E-state index contributed by atoms with van der Waals surface area (Å²) >= 11 is 3.12. The van der Waals surface area contributed by atoms with Gasteiger partial charge in [0.15, 0.2) is 11.9 Å². The molecule has 0 N–H and O–H groups in total. The molecule has 0 spiro atoms. The lowest BCUT2D eigenvalue weighted by molar-refractivity contribution is -0.155. The van der Waals surface area contributed by atoms with E-state index in [1.807, 2.05) is 0 Å². The number of Topliss-reactive ketones (excluding diaryl/α,β-unsaturated/α-hetero) is 1.